The summed E-state index contributed by atoms with van der Waals surface area (Å²) in [4.78, 5) is 12.4. The Labute approximate surface area is 167 Å². The Hall–Kier alpha value is -2.40. The van der Waals surface area contributed by atoms with Gasteiger partial charge in [0.25, 0.3) is 0 Å². The fourth-order valence-electron chi connectivity index (χ4n) is 3.45. The molecule has 1 saturated carbocycles. The van der Waals surface area contributed by atoms with Gasteiger partial charge in [0.15, 0.2) is 23.3 Å². The molecule has 8 heteroatoms. The highest BCUT2D eigenvalue weighted by molar-refractivity contribution is 5.78. The lowest BCUT2D eigenvalue weighted by Crippen LogP contribution is -2.15. The maximum atomic E-state index is 14.2. The number of ether oxygens (including phenoxy) is 2. The first-order valence-electron chi connectivity index (χ1n) is 9.21. The van der Waals surface area contributed by atoms with Crippen molar-refractivity contribution in [1.29, 1.82) is 5.26 Å². The normalized spacial score (nSPS) is 20.3. The van der Waals surface area contributed by atoms with Crippen LogP contribution in [0.25, 0.3) is 0 Å². The number of nitrogens with zero attached hydrogens (tertiary/aromatic N) is 1. The Morgan fingerprint density at radius 2 is 1.62 bits per heavy atom. The third-order valence-corrected chi connectivity index (χ3v) is 5.30. The van der Waals surface area contributed by atoms with Crippen molar-refractivity contribution in [3.63, 3.8) is 0 Å². The first-order chi connectivity index (χ1) is 13.6. The van der Waals surface area contributed by atoms with Gasteiger partial charge in [-0.1, -0.05) is 33.3 Å². The quantitative estimate of drug-likeness (QED) is 0.262. The first kappa shape index (κ1) is 22.9. The molecule has 0 bridgehead atoms. The maximum Gasteiger partial charge on any atom is 0.310 e. The lowest BCUT2D eigenvalue weighted by molar-refractivity contribution is -0.147. The van der Waals surface area contributed by atoms with Gasteiger partial charge in [-0.15, -0.1) is 0 Å². The van der Waals surface area contributed by atoms with Crippen LogP contribution in [-0.2, 0) is 27.5 Å². The molecule has 29 heavy (non-hydrogen) atoms. The summed E-state index contributed by atoms with van der Waals surface area (Å²) >= 11 is 0. The summed E-state index contributed by atoms with van der Waals surface area (Å²) in [7, 11) is 1.13. The zero-order valence-electron chi connectivity index (χ0n) is 16.7. The molecule has 0 amide bonds. The summed E-state index contributed by atoms with van der Waals surface area (Å²) in [6.07, 6.45) is 3.07. The van der Waals surface area contributed by atoms with Gasteiger partial charge in [0, 0.05) is 12.7 Å². The Balaban J connectivity index is 2.17. The Kier molecular flexibility index (Phi) is 7.06. The van der Waals surface area contributed by atoms with Gasteiger partial charge in [-0.2, -0.15) is 5.26 Å². The third-order valence-electron chi connectivity index (χ3n) is 5.30. The van der Waals surface area contributed by atoms with Crippen molar-refractivity contribution in [2.24, 2.45) is 17.3 Å². The highest BCUT2D eigenvalue weighted by atomic mass is 19.2. The maximum absolute atomic E-state index is 14.2. The SMILES string of the molecule is CCC/C(C#N)=C/[C@@H]1[C@@H](C(=O)OCc2c(F)c(F)c(COC)c(F)c2F)C1(C)C. The zero-order valence-corrected chi connectivity index (χ0v) is 16.7. The number of carbonyl (C=O) groups is 1. The number of methoxy groups -OCH3 is 1. The molecule has 0 aliphatic heterocycles. The molecular formula is C21H23F4NO3. The second-order valence-electron chi connectivity index (χ2n) is 7.63. The molecule has 1 fully saturated rings. The van der Waals surface area contributed by atoms with Crippen LogP contribution in [0.1, 0.15) is 44.7 Å². The Morgan fingerprint density at radius 3 is 2.07 bits per heavy atom. The fourth-order valence-corrected chi connectivity index (χ4v) is 3.45. The van der Waals surface area contributed by atoms with Crippen LogP contribution >= 0.6 is 0 Å². The van der Waals surface area contributed by atoms with E-state index in [2.05, 4.69) is 10.8 Å². The molecule has 0 radical (unpaired) electrons. The van der Waals surface area contributed by atoms with Gasteiger partial charge >= 0.3 is 5.97 Å². The molecule has 0 spiro atoms. The van der Waals surface area contributed by atoms with E-state index in [1.165, 1.54) is 0 Å². The van der Waals surface area contributed by atoms with Crippen molar-refractivity contribution >= 4 is 5.97 Å². The van der Waals surface area contributed by atoms with Gasteiger partial charge in [-0.3, -0.25) is 4.79 Å². The zero-order chi connectivity index (χ0) is 21.9. The summed E-state index contributed by atoms with van der Waals surface area (Å²) in [6, 6.07) is 2.09. The summed E-state index contributed by atoms with van der Waals surface area (Å²) < 4.78 is 65.8. The summed E-state index contributed by atoms with van der Waals surface area (Å²) in [5.41, 5.74) is -1.81. The Bertz CT molecular complexity index is 845. The average molecular weight is 413 g/mol. The minimum atomic E-state index is -1.62. The predicted molar refractivity (Wildman–Crippen MR) is 96.1 cm³/mol. The molecule has 1 aliphatic rings. The van der Waals surface area contributed by atoms with Crippen molar-refractivity contribution in [3.8, 4) is 6.07 Å². The van der Waals surface area contributed by atoms with Crippen LogP contribution in [0, 0.1) is 51.9 Å². The van der Waals surface area contributed by atoms with Gasteiger partial charge in [0.05, 0.1) is 29.7 Å². The molecule has 1 aromatic rings. The topological polar surface area (TPSA) is 59.3 Å². The van der Waals surface area contributed by atoms with Crippen LogP contribution in [0.5, 0.6) is 0 Å². The number of esters is 1. The van der Waals surface area contributed by atoms with Crippen LogP contribution in [0.2, 0.25) is 0 Å². The van der Waals surface area contributed by atoms with Crippen molar-refractivity contribution in [2.45, 2.75) is 46.8 Å². The van der Waals surface area contributed by atoms with E-state index in [4.69, 9.17) is 10.00 Å². The summed E-state index contributed by atoms with van der Waals surface area (Å²) in [6.45, 7) is 3.95. The highest BCUT2D eigenvalue weighted by Crippen LogP contribution is 2.60. The lowest BCUT2D eigenvalue weighted by atomic mass is 10.1. The lowest BCUT2D eigenvalue weighted by Gasteiger charge is -2.12. The molecular weight excluding hydrogens is 390 g/mol. The number of halogens is 4. The molecule has 2 atom stereocenters. The molecule has 2 rings (SSSR count). The van der Waals surface area contributed by atoms with Gasteiger partial charge in [0.1, 0.15) is 6.61 Å². The predicted octanol–water partition coefficient (Wildman–Crippen LogP) is 4.95. The molecule has 0 unspecified atom stereocenters. The van der Waals surface area contributed by atoms with E-state index in [9.17, 15) is 22.4 Å². The average Bonchev–Trinajstić information content (AvgIpc) is 3.22. The molecule has 0 N–H and O–H groups in total. The third kappa shape index (κ3) is 4.45. The van der Waals surface area contributed by atoms with Crippen LogP contribution in [0.3, 0.4) is 0 Å². The molecule has 1 aliphatic carbocycles. The monoisotopic (exact) mass is 413 g/mol. The Morgan fingerprint density at radius 1 is 1.10 bits per heavy atom. The molecule has 0 heterocycles. The van der Waals surface area contributed by atoms with Gasteiger partial charge in [0.2, 0.25) is 0 Å². The standard InChI is InChI=1S/C21H23F4NO3/c1-5-6-11(8-26)7-14-15(21(14,2)3)20(27)29-10-13-18(24)16(22)12(9-28-4)17(23)19(13)25/h7,14-15H,5-6,9-10H2,1-4H3/b11-7-/t14-,15+/m1/s1. The van der Waals surface area contributed by atoms with Crippen LogP contribution in [-0.4, -0.2) is 13.1 Å². The van der Waals surface area contributed by atoms with E-state index in [-0.39, 0.29) is 5.92 Å². The first-order valence-corrected chi connectivity index (χ1v) is 9.21. The number of nitriles is 1. The van der Waals surface area contributed by atoms with E-state index in [0.717, 1.165) is 13.5 Å². The van der Waals surface area contributed by atoms with Gasteiger partial charge in [-0.25, -0.2) is 17.6 Å². The highest BCUT2D eigenvalue weighted by Gasteiger charge is 2.61. The van der Waals surface area contributed by atoms with E-state index in [1.54, 1.807) is 19.9 Å². The number of carbonyl (C=O) groups excluding carboxylic acids is 1. The minimum absolute atomic E-state index is 0.261. The number of hydrogen-bond acceptors (Lipinski definition) is 4. The number of allylic oxidation sites excluding steroid dienone is 2. The van der Waals surface area contributed by atoms with Crippen molar-refractivity contribution < 1.29 is 31.8 Å². The number of benzene rings is 1. The van der Waals surface area contributed by atoms with E-state index in [1.807, 2.05) is 6.92 Å². The van der Waals surface area contributed by atoms with E-state index < -0.39 is 64.9 Å². The minimum Gasteiger partial charge on any atom is -0.460 e. The molecule has 0 aromatic heterocycles. The second-order valence-corrected chi connectivity index (χ2v) is 7.63. The van der Waals surface area contributed by atoms with Gasteiger partial charge in [-0.05, 0) is 17.8 Å². The molecule has 158 valence electrons. The molecule has 1 aromatic carbocycles. The summed E-state index contributed by atoms with van der Waals surface area (Å²) in [5, 5.41) is 9.16. The number of rotatable bonds is 8. The largest absolute Gasteiger partial charge is 0.460 e. The molecule has 0 saturated heterocycles. The van der Waals surface area contributed by atoms with Crippen LogP contribution in [0.4, 0.5) is 17.6 Å². The summed E-state index contributed by atoms with van der Waals surface area (Å²) in [5.74, 6) is -8.02. The van der Waals surface area contributed by atoms with Gasteiger partial charge < -0.3 is 9.47 Å². The smallest absolute Gasteiger partial charge is 0.310 e. The van der Waals surface area contributed by atoms with Crippen LogP contribution < -0.4 is 0 Å². The van der Waals surface area contributed by atoms with Crippen molar-refractivity contribution in [1.82, 2.24) is 0 Å². The number of hydrogen-bond donors (Lipinski definition) is 0. The van der Waals surface area contributed by atoms with Crippen molar-refractivity contribution in [2.75, 3.05) is 7.11 Å². The molecule has 4 nitrogen and oxygen atoms in total. The van der Waals surface area contributed by atoms with Crippen LogP contribution in [0.15, 0.2) is 11.6 Å². The van der Waals surface area contributed by atoms with E-state index >= 15 is 0 Å². The fraction of sp³-hybridized carbons (Fsp3) is 0.524. The second kappa shape index (κ2) is 8.95. The van der Waals surface area contributed by atoms with Crippen molar-refractivity contribution in [3.05, 3.63) is 46.0 Å². The van der Waals surface area contributed by atoms with E-state index in [0.29, 0.717) is 12.0 Å².